The van der Waals surface area contributed by atoms with Crippen LogP contribution in [0.4, 0.5) is 0 Å². The van der Waals surface area contributed by atoms with Crippen molar-refractivity contribution >= 4 is 53.1 Å². The van der Waals surface area contributed by atoms with Crippen LogP contribution < -0.4 is 0 Å². The predicted molar refractivity (Wildman–Crippen MR) is 189 cm³/mol. The third-order valence-electron chi connectivity index (χ3n) is 8.20. The summed E-state index contributed by atoms with van der Waals surface area (Å²) in [7, 11) is 0. The minimum absolute atomic E-state index is 0.0118. The highest BCUT2D eigenvalue weighted by molar-refractivity contribution is 7.26. The van der Waals surface area contributed by atoms with Crippen molar-refractivity contribution in [2.45, 2.75) is 0 Å². The van der Waals surface area contributed by atoms with E-state index < -0.39 is 18.1 Å². The van der Waals surface area contributed by atoms with Gasteiger partial charge in [-0.3, -0.25) is 0 Å². The topological polar surface area (TPSA) is 38.7 Å². The quantitative estimate of drug-likeness (QED) is 0.203. The molecule has 0 aliphatic rings. The molecule has 0 unspecified atom stereocenters. The molecule has 0 aliphatic carbocycles. The molecular formula is C41H25N3S. The van der Waals surface area contributed by atoms with Crippen molar-refractivity contribution in [3.05, 3.63) is 152 Å². The van der Waals surface area contributed by atoms with Gasteiger partial charge in [0.15, 0.2) is 17.5 Å². The first kappa shape index (κ1) is 21.1. The van der Waals surface area contributed by atoms with Gasteiger partial charge in [0, 0.05) is 42.2 Å². The van der Waals surface area contributed by atoms with Crippen LogP contribution in [-0.2, 0) is 0 Å². The lowest BCUT2D eigenvalue weighted by atomic mass is 9.93. The van der Waals surface area contributed by atoms with Crippen LogP contribution in [0.5, 0.6) is 0 Å². The van der Waals surface area contributed by atoms with E-state index in [-0.39, 0.29) is 23.5 Å². The first-order valence-corrected chi connectivity index (χ1v) is 15.4. The van der Waals surface area contributed by atoms with Gasteiger partial charge in [-0.1, -0.05) is 133 Å². The normalized spacial score (nSPS) is 13.1. The number of thiophene rings is 1. The van der Waals surface area contributed by atoms with Gasteiger partial charge in [0.1, 0.15) is 0 Å². The smallest absolute Gasteiger partial charge is 0.164 e. The predicted octanol–water partition coefficient (Wildman–Crippen LogP) is 11.2. The molecule has 3 nitrogen and oxygen atoms in total. The number of rotatable bonds is 4. The molecule has 2 heterocycles. The fourth-order valence-electron chi connectivity index (χ4n) is 6.11. The minimum atomic E-state index is -0.470. The summed E-state index contributed by atoms with van der Waals surface area (Å²) in [6.45, 7) is 0. The molecule has 0 atom stereocenters. The van der Waals surface area contributed by atoms with Gasteiger partial charge in [-0.25, -0.2) is 15.0 Å². The molecule has 0 bridgehead atoms. The Morgan fingerprint density at radius 2 is 1.18 bits per heavy atom. The fraction of sp³-hybridized carbons (Fsp3) is 0. The van der Waals surface area contributed by atoms with Crippen LogP contribution in [0.2, 0.25) is 0 Å². The fourth-order valence-corrected chi connectivity index (χ4v) is 7.36. The molecule has 0 radical (unpaired) electrons. The monoisotopic (exact) mass is 596 g/mol. The number of hydrogen-bond acceptors (Lipinski definition) is 4. The van der Waals surface area contributed by atoms with E-state index in [0.717, 1.165) is 64.0 Å². The van der Waals surface area contributed by atoms with Crippen LogP contribution in [0.15, 0.2) is 152 Å². The van der Waals surface area contributed by atoms with E-state index in [4.69, 9.17) is 21.8 Å². The lowest BCUT2D eigenvalue weighted by molar-refractivity contribution is 1.08. The Morgan fingerprint density at radius 1 is 0.467 bits per heavy atom. The van der Waals surface area contributed by atoms with Crippen molar-refractivity contribution in [3.63, 3.8) is 0 Å². The van der Waals surface area contributed by atoms with Gasteiger partial charge in [0.25, 0.3) is 0 Å². The van der Waals surface area contributed by atoms with Crippen LogP contribution in [-0.4, -0.2) is 15.0 Å². The van der Waals surface area contributed by atoms with E-state index in [1.807, 2.05) is 78.9 Å². The molecule has 0 amide bonds. The third kappa shape index (κ3) is 4.38. The summed E-state index contributed by atoms with van der Waals surface area (Å²) in [5.41, 5.74) is 3.57. The summed E-state index contributed by atoms with van der Waals surface area (Å²) in [5, 5.41) is 6.25. The second-order valence-corrected chi connectivity index (χ2v) is 11.9. The maximum atomic E-state index is 8.79. The van der Waals surface area contributed by atoms with Crippen LogP contribution in [0.1, 0.15) is 6.85 Å². The summed E-state index contributed by atoms with van der Waals surface area (Å²) >= 11 is 1.75. The molecule has 7 aromatic carbocycles. The van der Waals surface area contributed by atoms with Crippen molar-refractivity contribution in [3.8, 4) is 45.3 Å². The maximum Gasteiger partial charge on any atom is 0.164 e. The second-order valence-electron chi connectivity index (χ2n) is 10.9. The molecule has 45 heavy (non-hydrogen) atoms. The van der Waals surface area contributed by atoms with Crippen molar-refractivity contribution < 1.29 is 6.85 Å². The Morgan fingerprint density at radius 3 is 2.04 bits per heavy atom. The molecule has 210 valence electrons. The standard InChI is InChI=1S/C41H25N3S/c1-3-13-27(14-4-1)31-19-11-20-33-35(25-34-32-18-9-10-21-36(32)45-38(34)37(31)33)41-43-39(28-15-5-2-6-16-28)42-40(44-41)30-23-22-26-12-7-8-17-29(26)24-30/h1-25H/i2D,5D,6D,15D,16D. The highest BCUT2D eigenvalue weighted by Gasteiger charge is 2.20. The summed E-state index contributed by atoms with van der Waals surface area (Å²) in [6.07, 6.45) is 0. The highest BCUT2D eigenvalue weighted by atomic mass is 32.1. The van der Waals surface area contributed by atoms with Gasteiger partial charge in [-0.2, -0.15) is 0 Å². The Balaban J connectivity index is 1.41. The van der Waals surface area contributed by atoms with Gasteiger partial charge >= 0.3 is 0 Å². The van der Waals surface area contributed by atoms with Gasteiger partial charge < -0.3 is 0 Å². The first-order valence-electron chi connectivity index (χ1n) is 17.1. The van der Waals surface area contributed by atoms with Crippen LogP contribution in [0.3, 0.4) is 0 Å². The Labute approximate surface area is 271 Å². The van der Waals surface area contributed by atoms with Crippen molar-refractivity contribution in [2.24, 2.45) is 0 Å². The molecule has 0 fully saturated rings. The number of nitrogens with zero attached hydrogens (tertiary/aromatic N) is 3. The maximum absolute atomic E-state index is 8.79. The van der Waals surface area contributed by atoms with Crippen LogP contribution in [0.25, 0.3) is 87.0 Å². The molecule has 9 aromatic rings. The van der Waals surface area contributed by atoms with E-state index in [1.165, 1.54) is 0 Å². The Bertz CT molecular complexity index is 2810. The molecular weight excluding hydrogens is 567 g/mol. The largest absolute Gasteiger partial charge is 0.208 e. The summed E-state index contributed by atoms with van der Waals surface area (Å²) in [4.78, 5) is 14.8. The van der Waals surface area contributed by atoms with Crippen molar-refractivity contribution in [1.29, 1.82) is 0 Å². The average Bonchev–Trinajstić information content (AvgIpc) is 3.54. The van der Waals surface area contributed by atoms with E-state index in [1.54, 1.807) is 11.3 Å². The lowest BCUT2D eigenvalue weighted by Crippen LogP contribution is -2.01. The third-order valence-corrected chi connectivity index (χ3v) is 9.40. The van der Waals surface area contributed by atoms with Crippen LogP contribution in [0, 0.1) is 0 Å². The summed E-state index contributed by atoms with van der Waals surface area (Å²) < 4.78 is 44.9. The zero-order valence-corrected chi connectivity index (χ0v) is 24.6. The molecule has 4 heteroatoms. The number of aromatic nitrogens is 3. The minimum Gasteiger partial charge on any atom is -0.208 e. The molecule has 0 N–H and O–H groups in total. The number of fused-ring (bicyclic) bond motifs is 6. The van der Waals surface area contributed by atoms with Crippen LogP contribution >= 0.6 is 11.3 Å². The van der Waals surface area contributed by atoms with Gasteiger partial charge in [-0.15, -0.1) is 11.3 Å². The molecule has 0 saturated heterocycles. The summed E-state index contributed by atoms with van der Waals surface area (Å²) in [5.74, 6) is 0.695. The average molecular weight is 597 g/mol. The van der Waals surface area contributed by atoms with Crippen molar-refractivity contribution in [1.82, 2.24) is 15.0 Å². The molecule has 2 aromatic heterocycles. The highest BCUT2D eigenvalue weighted by Crippen LogP contribution is 2.45. The summed E-state index contributed by atoms with van der Waals surface area (Å²) in [6, 6.07) is 38.9. The number of hydrogen-bond donors (Lipinski definition) is 0. The Hall–Kier alpha value is -5.71. The molecule has 0 saturated carbocycles. The van der Waals surface area contributed by atoms with E-state index in [2.05, 4.69) is 42.5 Å². The number of benzene rings is 7. The Kier molecular flexibility index (Phi) is 4.90. The second kappa shape index (κ2) is 10.5. The van der Waals surface area contributed by atoms with Gasteiger partial charge in [0.05, 0.1) is 6.85 Å². The van der Waals surface area contributed by atoms with E-state index in [9.17, 15) is 0 Å². The van der Waals surface area contributed by atoms with Crippen molar-refractivity contribution in [2.75, 3.05) is 0 Å². The zero-order chi connectivity index (χ0) is 34.1. The van der Waals surface area contributed by atoms with E-state index >= 15 is 0 Å². The van der Waals surface area contributed by atoms with Gasteiger partial charge in [0.2, 0.25) is 0 Å². The first-order chi connectivity index (χ1) is 24.4. The zero-order valence-electron chi connectivity index (χ0n) is 28.8. The molecule has 0 aliphatic heterocycles. The van der Waals surface area contributed by atoms with Gasteiger partial charge in [-0.05, 0) is 45.5 Å². The molecule has 0 spiro atoms. The lowest BCUT2D eigenvalue weighted by Gasteiger charge is -2.14. The van der Waals surface area contributed by atoms with E-state index in [0.29, 0.717) is 11.6 Å². The molecule has 9 rings (SSSR count). The SMILES string of the molecule is [2H]c1c([2H])c([2H])c(-c2nc(-c3ccc4ccccc4c3)nc(-c3cc4c5ccccc5sc4c4c(-c5ccccc5)cccc34)n2)c([2H])c1[2H].